The van der Waals surface area contributed by atoms with E-state index in [-0.39, 0.29) is 16.4 Å². The summed E-state index contributed by atoms with van der Waals surface area (Å²) in [5.41, 5.74) is 1.65. The van der Waals surface area contributed by atoms with Crippen molar-refractivity contribution in [1.29, 1.82) is 0 Å². The lowest BCUT2D eigenvalue weighted by atomic mass is 9.98. The number of unbranched alkanes of at least 4 members (excludes halogenated alkanes) is 2. The van der Waals surface area contributed by atoms with E-state index in [1.165, 1.54) is 44.2 Å². The van der Waals surface area contributed by atoms with Crippen LogP contribution in [0.2, 0.25) is 0 Å². The van der Waals surface area contributed by atoms with Gasteiger partial charge in [0.2, 0.25) is 10.0 Å². The SMILES string of the molecule is CCCCC(CCCCC(=O)c1ccc(OC)c(S(N)(=O)=O)c1)N1CCN(c2ccccc2)CC1. The summed E-state index contributed by atoms with van der Waals surface area (Å²) in [6.07, 6.45) is 6.79. The van der Waals surface area contributed by atoms with Gasteiger partial charge in [0, 0.05) is 49.9 Å². The first-order chi connectivity index (χ1) is 16.8. The number of nitrogens with two attached hydrogens (primary N) is 1. The van der Waals surface area contributed by atoms with Gasteiger partial charge in [-0.25, -0.2) is 13.6 Å². The van der Waals surface area contributed by atoms with Gasteiger partial charge in [0.15, 0.2) is 5.78 Å². The van der Waals surface area contributed by atoms with Crippen molar-refractivity contribution >= 4 is 21.5 Å². The van der Waals surface area contributed by atoms with Crippen LogP contribution >= 0.6 is 0 Å². The molecule has 1 heterocycles. The summed E-state index contributed by atoms with van der Waals surface area (Å²) in [7, 11) is -2.59. The number of methoxy groups -OCH3 is 1. The molecule has 8 heteroatoms. The number of Topliss-reactive ketones (excluding diaryl/α,β-unsaturated/α-hetero) is 1. The van der Waals surface area contributed by atoms with Gasteiger partial charge in [-0.3, -0.25) is 9.69 Å². The Kier molecular flexibility index (Phi) is 10.1. The number of hydrogen-bond donors (Lipinski definition) is 1. The number of primary sulfonamides is 1. The molecule has 0 spiro atoms. The smallest absolute Gasteiger partial charge is 0.241 e. The number of nitrogens with zero attached hydrogens (tertiary/aromatic N) is 2. The fourth-order valence-electron chi connectivity index (χ4n) is 4.82. The van der Waals surface area contributed by atoms with Crippen LogP contribution in [-0.4, -0.2) is 58.4 Å². The van der Waals surface area contributed by atoms with Crippen LogP contribution in [-0.2, 0) is 10.0 Å². The monoisotopic (exact) mass is 501 g/mol. The fraction of sp³-hybridized carbons (Fsp3) is 0.519. The molecule has 1 unspecified atom stereocenters. The molecular weight excluding hydrogens is 462 g/mol. The average molecular weight is 502 g/mol. The highest BCUT2D eigenvalue weighted by atomic mass is 32.2. The number of rotatable bonds is 13. The third kappa shape index (κ3) is 7.78. The van der Waals surface area contributed by atoms with Crippen molar-refractivity contribution in [2.24, 2.45) is 5.14 Å². The van der Waals surface area contributed by atoms with Gasteiger partial charge in [-0.1, -0.05) is 44.4 Å². The van der Waals surface area contributed by atoms with E-state index in [4.69, 9.17) is 9.88 Å². The second kappa shape index (κ2) is 13.0. The molecule has 0 aliphatic carbocycles. The van der Waals surface area contributed by atoms with Crippen molar-refractivity contribution < 1.29 is 17.9 Å². The zero-order valence-electron chi connectivity index (χ0n) is 21.0. The highest BCUT2D eigenvalue weighted by Gasteiger charge is 2.24. The molecular formula is C27H39N3O4S. The van der Waals surface area contributed by atoms with Crippen molar-refractivity contribution in [3.63, 3.8) is 0 Å². The number of hydrogen-bond acceptors (Lipinski definition) is 6. The molecule has 2 N–H and O–H groups in total. The molecule has 0 radical (unpaired) electrons. The first-order valence-corrected chi connectivity index (χ1v) is 14.2. The third-order valence-corrected chi connectivity index (χ3v) is 7.76. The molecule has 35 heavy (non-hydrogen) atoms. The van der Waals surface area contributed by atoms with Crippen LogP contribution in [0.5, 0.6) is 5.75 Å². The molecule has 0 aromatic heterocycles. The van der Waals surface area contributed by atoms with Crippen LogP contribution in [0.15, 0.2) is 53.4 Å². The van der Waals surface area contributed by atoms with Crippen LogP contribution < -0.4 is 14.8 Å². The van der Waals surface area contributed by atoms with E-state index in [1.54, 1.807) is 6.07 Å². The van der Waals surface area contributed by atoms with Crippen molar-refractivity contribution in [3.8, 4) is 5.75 Å². The minimum Gasteiger partial charge on any atom is -0.495 e. The normalized spacial score (nSPS) is 15.7. The average Bonchev–Trinajstić information content (AvgIpc) is 2.88. The molecule has 3 rings (SSSR count). The number of para-hydroxylation sites is 1. The van der Waals surface area contributed by atoms with E-state index >= 15 is 0 Å². The fourth-order valence-corrected chi connectivity index (χ4v) is 5.54. The molecule has 7 nitrogen and oxygen atoms in total. The lowest BCUT2D eigenvalue weighted by molar-refractivity contribution is 0.0976. The zero-order chi connectivity index (χ0) is 25.3. The Morgan fingerprint density at radius 3 is 2.31 bits per heavy atom. The highest BCUT2D eigenvalue weighted by molar-refractivity contribution is 7.89. The summed E-state index contributed by atoms with van der Waals surface area (Å²) in [6, 6.07) is 15.5. The topological polar surface area (TPSA) is 92.9 Å². The maximum Gasteiger partial charge on any atom is 0.241 e. The molecule has 0 amide bonds. The predicted molar refractivity (Wildman–Crippen MR) is 141 cm³/mol. The van der Waals surface area contributed by atoms with Crippen LogP contribution in [0.3, 0.4) is 0 Å². The lowest BCUT2D eigenvalue weighted by Gasteiger charge is -2.40. The summed E-state index contributed by atoms with van der Waals surface area (Å²) < 4.78 is 28.8. The first-order valence-electron chi connectivity index (χ1n) is 12.6. The number of carbonyl (C=O) groups is 1. The van der Waals surface area contributed by atoms with Crippen LogP contribution in [0.4, 0.5) is 5.69 Å². The van der Waals surface area contributed by atoms with Gasteiger partial charge < -0.3 is 9.64 Å². The minimum atomic E-state index is -3.97. The van der Waals surface area contributed by atoms with Gasteiger partial charge in [0.05, 0.1) is 7.11 Å². The Bertz CT molecular complexity index is 1050. The molecule has 192 valence electrons. The molecule has 0 bridgehead atoms. The Balaban J connectivity index is 1.51. The quantitative estimate of drug-likeness (QED) is 0.322. The third-order valence-electron chi connectivity index (χ3n) is 6.83. The van der Waals surface area contributed by atoms with Gasteiger partial charge in [0.1, 0.15) is 10.6 Å². The molecule has 1 fully saturated rings. The number of benzene rings is 2. The van der Waals surface area contributed by atoms with E-state index in [9.17, 15) is 13.2 Å². The minimum absolute atomic E-state index is 0.0702. The van der Waals surface area contributed by atoms with Crippen molar-refractivity contribution in [3.05, 3.63) is 54.1 Å². The van der Waals surface area contributed by atoms with Gasteiger partial charge in [0.25, 0.3) is 0 Å². The van der Waals surface area contributed by atoms with Crippen molar-refractivity contribution in [2.45, 2.75) is 62.8 Å². The van der Waals surface area contributed by atoms with E-state index in [0.717, 1.165) is 45.4 Å². The van der Waals surface area contributed by atoms with Gasteiger partial charge in [-0.2, -0.15) is 0 Å². The van der Waals surface area contributed by atoms with E-state index in [0.29, 0.717) is 18.0 Å². The van der Waals surface area contributed by atoms with Gasteiger partial charge >= 0.3 is 0 Å². The van der Waals surface area contributed by atoms with Crippen LogP contribution in [0.1, 0.15) is 62.2 Å². The van der Waals surface area contributed by atoms with Gasteiger partial charge in [-0.15, -0.1) is 0 Å². The number of anilines is 1. The Hall–Kier alpha value is -2.42. The molecule has 1 aliphatic heterocycles. The maximum atomic E-state index is 12.7. The molecule has 1 aliphatic rings. The maximum absolute atomic E-state index is 12.7. The Labute approximate surface area is 210 Å². The zero-order valence-corrected chi connectivity index (χ0v) is 21.8. The lowest BCUT2D eigenvalue weighted by Crippen LogP contribution is -2.50. The molecule has 1 saturated heterocycles. The number of piperazine rings is 1. The second-order valence-corrected chi connectivity index (χ2v) is 10.8. The van der Waals surface area contributed by atoms with E-state index in [2.05, 4.69) is 47.1 Å². The second-order valence-electron chi connectivity index (χ2n) is 9.23. The van der Waals surface area contributed by atoms with Crippen molar-refractivity contribution in [2.75, 3.05) is 38.2 Å². The number of ether oxygens (including phenoxy) is 1. The first kappa shape index (κ1) is 27.2. The van der Waals surface area contributed by atoms with Crippen LogP contribution in [0, 0.1) is 0 Å². The molecule has 1 atom stereocenters. The van der Waals surface area contributed by atoms with E-state index in [1.807, 2.05) is 0 Å². The summed E-state index contributed by atoms with van der Waals surface area (Å²) in [4.78, 5) is 17.6. The standard InChI is InChI=1S/C27H39N3O4S/c1-3-4-10-23(29-17-19-30(20-18-29)24-11-6-5-7-12-24)13-8-9-14-25(31)22-15-16-26(34-2)27(21-22)35(28,32)33/h5-7,11-12,15-16,21,23H,3-4,8-10,13-14,17-20H2,1-2H3,(H2,28,32,33). The number of sulfonamides is 1. The summed E-state index contributed by atoms with van der Waals surface area (Å²) in [5, 5.41) is 5.28. The van der Waals surface area contributed by atoms with Crippen LogP contribution in [0.25, 0.3) is 0 Å². The predicted octanol–water partition coefficient (Wildman–Crippen LogP) is 4.47. The van der Waals surface area contributed by atoms with Gasteiger partial charge in [-0.05, 0) is 49.6 Å². The molecule has 2 aromatic carbocycles. The number of ketones is 1. The van der Waals surface area contributed by atoms with Crippen molar-refractivity contribution in [1.82, 2.24) is 4.90 Å². The largest absolute Gasteiger partial charge is 0.495 e. The molecule has 0 saturated carbocycles. The summed E-state index contributed by atoms with van der Waals surface area (Å²) >= 11 is 0. The number of carbonyl (C=O) groups excluding carboxylic acids is 1. The molecule has 2 aromatic rings. The highest BCUT2D eigenvalue weighted by Crippen LogP contribution is 2.25. The summed E-state index contributed by atoms with van der Waals surface area (Å²) in [5.74, 6) is 0.0781. The summed E-state index contributed by atoms with van der Waals surface area (Å²) in [6.45, 7) is 6.42. The van der Waals surface area contributed by atoms with E-state index < -0.39 is 10.0 Å². The Morgan fingerprint density at radius 2 is 1.69 bits per heavy atom. The Morgan fingerprint density at radius 1 is 1.00 bits per heavy atom.